The number of carbonyl (C=O) groups is 1. The summed E-state index contributed by atoms with van der Waals surface area (Å²) in [7, 11) is 0. The van der Waals surface area contributed by atoms with Crippen molar-refractivity contribution in [3.8, 4) is 12.3 Å². The Balaban J connectivity index is 2.47. The number of terminal acetylenes is 1. The van der Waals surface area contributed by atoms with Gasteiger partial charge in [0, 0.05) is 12.5 Å². The number of carbonyl (C=O) groups excluding carboxylic acids is 1. The average Bonchev–Trinajstić information content (AvgIpc) is 2.25. The van der Waals surface area contributed by atoms with Crippen LogP contribution in [0.5, 0.6) is 0 Å². The van der Waals surface area contributed by atoms with Crippen LogP contribution in [0, 0.1) is 24.2 Å². The lowest BCUT2D eigenvalue weighted by Gasteiger charge is -2.35. The lowest BCUT2D eigenvalue weighted by Crippen LogP contribution is -2.49. The molecule has 0 aromatic carbocycles. The molecule has 1 aliphatic carbocycles. The van der Waals surface area contributed by atoms with E-state index in [9.17, 15) is 4.79 Å². The van der Waals surface area contributed by atoms with E-state index in [1.807, 2.05) is 0 Å². The fourth-order valence-electron chi connectivity index (χ4n) is 2.30. The van der Waals surface area contributed by atoms with Gasteiger partial charge in [0.25, 0.3) is 0 Å². The summed E-state index contributed by atoms with van der Waals surface area (Å²) in [6.07, 6.45) is 8.94. The Morgan fingerprint density at radius 2 is 2.25 bits per heavy atom. The summed E-state index contributed by atoms with van der Waals surface area (Å²) in [5.41, 5.74) is 5.67. The molecule has 1 amide bonds. The highest BCUT2D eigenvalue weighted by Crippen LogP contribution is 2.29. The maximum absolute atomic E-state index is 11.7. The van der Waals surface area contributed by atoms with Gasteiger partial charge in [0.2, 0.25) is 5.91 Å². The minimum absolute atomic E-state index is 0.107. The molecule has 16 heavy (non-hydrogen) atoms. The van der Waals surface area contributed by atoms with Gasteiger partial charge in [-0.1, -0.05) is 26.7 Å². The largest absolute Gasteiger partial charge is 0.352 e. The van der Waals surface area contributed by atoms with Crippen LogP contribution in [0.15, 0.2) is 0 Å². The average molecular weight is 222 g/mol. The monoisotopic (exact) mass is 222 g/mol. The standard InChI is InChI=1S/C13H22N2O/c1-4-6-11(14)13(16)15-12-8-5-7-9(2)10(12)3/h1,9-12H,5-8,14H2,2-3H3,(H,15,16). The highest BCUT2D eigenvalue weighted by atomic mass is 16.2. The zero-order valence-electron chi connectivity index (χ0n) is 10.2. The molecule has 0 aromatic rings. The quantitative estimate of drug-likeness (QED) is 0.707. The summed E-state index contributed by atoms with van der Waals surface area (Å²) in [5, 5.41) is 3.02. The molecule has 0 bridgehead atoms. The molecule has 3 N–H and O–H groups in total. The van der Waals surface area contributed by atoms with Crippen LogP contribution in [0.2, 0.25) is 0 Å². The van der Waals surface area contributed by atoms with E-state index in [2.05, 4.69) is 25.1 Å². The Bertz CT molecular complexity index is 282. The zero-order chi connectivity index (χ0) is 12.1. The van der Waals surface area contributed by atoms with Crippen LogP contribution in [0.1, 0.15) is 39.5 Å². The number of amides is 1. The van der Waals surface area contributed by atoms with Crippen LogP contribution in [0.25, 0.3) is 0 Å². The predicted molar refractivity (Wildman–Crippen MR) is 65.5 cm³/mol. The van der Waals surface area contributed by atoms with Crippen LogP contribution in [-0.2, 0) is 4.79 Å². The number of nitrogens with one attached hydrogen (secondary N) is 1. The molecule has 90 valence electrons. The Labute approximate surface area is 98.2 Å². The molecule has 1 rings (SSSR count). The van der Waals surface area contributed by atoms with Crippen LogP contribution in [-0.4, -0.2) is 18.0 Å². The highest BCUT2D eigenvalue weighted by molar-refractivity contribution is 5.82. The van der Waals surface area contributed by atoms with Crippen molar-refractivity contribution in [2.75, 3.05) is 0 Å². The first-order chi connectivity index (χ1) is 7.56. The SMILES string of the molecule is C#CCC(N)C(=O)NC1CCCC(C)C1C. The predicted octanol–water partition coefficient (Wildman–Crippen LogP) is 1.28. The Morgan fingerprint density at radius 1 is 1.56 bits per heavy atom. The van der Waals surface area contributed by atoms with Crippen molar-refractivity contribution in [1.82, 2.24) is 5.32 Å². The van der Waals surface area contributed by atoms with Gasteiger partial charge < -0.3 is 11.1 Å². The van der Waals surface area contributed by atoms with Gasteiger partial charge in [-0.2, -0.15) is 0 Å². The third-order valence-electron chi connectivity index (χ3n) is 3.71. The van der Waals surface area contributed by atoms with Crippen molar-refractivity contribution >= 4 is 5.91 Å². The van der Waals surface area contributed by atoms with Gasteiger partial charge >= 0.3 is 0 Å². The summed E-state index contributed by atoms with van der Waals surface area (Å²) < 4.78 is 0. The Kier molecular flexibility index (Phi) is 4.82. The topological polar surface area (TPSA) is 55.1 Å². The third-order valence-corrected chi connectivity index (χ3v) is 3.71. The maximum atomic E-state index is 11.7. The Hall–Kier alpha value is -1.01. The van der Waals surface area contributed by atoms with Gasteiger partial charge in [0.05, 0.1) is 6.04 Å². The van der Waals surface area contributed by atoms with E-state index in [1.54, 1.807) is 0 Å². The van der Waals surface area contributed by atoms with E-state index < -0.39 is 6.04 Å². The molecule has 4 unspecified atom stereocenters. The van der Waals surface area contributed by atoms with E-state index in [1.165, 1.54) is 12.8 Å². The van der Waals surface area contributed by atoms with Crippen LogP contribution in [0.3, 0.4) is 0 Å². The molecule has 0 spiro atoms. The van der Waals surface area contributed by atoms with Gasteiger partial charge in [-0.15, -0.1) is 12.3 Å². The van der Waals surface area contributed by atoms with E-state index in [0.717, 1.165) is 6.42 Å². The lowest BCUT2D eigenvalue weighted by atomic mass is 9.78. The number of nitrogens with two attached hydrogens (primary N) is 1. The van der Waals surface area contributed by atoms with Crippen molar-refractivity contribution in [3.05, 3.63) is 0 Å². The first-order valence-electron chi connectivity index (χ1n) is 6.05. The van der Waals surface area contributed by atoms with Crippen molar-refractivity contribution in [2.24, 2.45) is 17.6 Å². The molecule has 0 radical (unpaired) electrons. The summed E-state index contributed by atoms with van der Waals surface area (Å²) in [5.74, 6) is 3.51. The molecule has 1 aliphatic rings. The van der Waals surface area contributed by atoms with Gasteiger partial charge in [0.15, 0.2) is 0 Å². The molecule has 1 saturated carbocycles. The van der Waals surface area contributed by atoms with E-state index in [0.29, 0.717) is 18.3 Å². The molecule has 4 atom stereocenters. The smallest absolute Gasteiger partial charge is 0.238 e. The summed E-state index contributed by atoms with van der Waals surface area (Å²) in [6.45, 7) is 4.44. The molecule has 0 aromatic heterocycles. The number of hydrogen-bond acceptors (Lipinski definition) is 2. The third kappa shape index (κ3) is 3.24. The van der Waals surface area contributed by atoms with Gasteiger partial charge in [-0.25, -0.2) is 0 Å². The minimum Gasteiger partial charge on any atom is -0.352 e. The van der Waals surface area contributed by atoms with E-state index >= 15 is 0 Å². The summed E-state index contributed by atoms with van der Waals surface area (Å²) >= 11 is 0. The second-order valence-corrected chi connectivity index (χ2v) is 4.90. The lowest BCUT2D eigenvalue weighted by molar-refractivity contribution is -0.123. The first kappa shape index (κ1) is 13.1. The Morgan fingerprint density at radius 3 is 2.88 bits per heavy atom. The van der Waals surface area contributed by atoms with Crippen LogP contribution < -0.4 is 11.1 Å². The van der Waals surface area contributed by atoms with Crippen molar-refractivity contribution < 1.29 is 4.79 Å². The summed E-state index contributed by atoms with van der Waals surface area (Å²) in [6, 6.07) is -0.297. The molecular weight excluding hydrogens is 200 g/mol. The molecule has 0 aliphatic heterocycles. The summed E-state index contributed by atoms with van der Waals surface area (Å²) in [4.78, 5) is 11.7. The molecular formula is C13H22N2O. The maximum Gasteiger partial charge on any atom is 0.238 e. The van der Waals surface area contributed by atoms with Crippen molar-refractivity contribution in [3.63, 3.8) is 0 Å². The minimum atomic E-state index is -0.561. The molecule has 1 fully saturated rings. The van der Waals surface area contributed by atoms with Gasteiger partial charge in [-0.05, 0) is 18.3 Å². The number of hydrogen-bond donors (Lipinski definition) is 2. The van der Waals surface area contributed by atoms with E-state index in [4.69, 9.17) is 12.2 Å². The van der Waals surface area contributed by atoms with Crippen molar-refractivity contribution in [2.45, 2.75) is 51.6 Å². The second-order valence-electron chi connectivity index (χ2n) is 4.90. The highest BCUT2D eigenvalue weighted by Gasteiger charge is 2.29. The van der Waals surface area contributed by atoms with Gasteiger partial charge in [0.1, 0.15) is 0 Å². The van der Waals surface area contributed by atoms with Crippen LogP contribution in [0.4, 0.5) is 0 Å². The first-order valence-corrected chi connectivity index (χ1v) is 6.05. The molecule has 3 heteroatoms. The normalized spacial score (nSPS) is 31.5. The zero-order valence-corrected chi connectivity index (χ0v) is 10.2. The fraction of sp³-hybridized carbons (Fsp3) is 0.769. The number of rotatable bonds is 3. The molecule has 0 heterocycles. The second kappa shape index (κ2) is 5.91. The van der Waals surface area contributed by atoms with Crippen LogP contribution >= 0.6 is 0 Å². The fourth-order valence-corrected chi connectivity index (χ4v) is 2.30. The van der Waals surface area contributed by atoms with Gasteiger partial charge in [-0.3, -0.25) is 4.79 Å². The van der Waals surface area contributed by atoms with Crippen molar-refractivity contribution in [1.29, 1.82) is 0 Å². The molecule has 0 saturated heterocycles. The molecule has 3 nitrogen and oxygen atoms in total. The van der Waals surface area contributed by atoms with E-state index in [-0.39, 0.29) is 11.9 Å².